The van der Waals surface area contributed by atoms with Crippen LogP contribution in [0.1, 0.15) is 32.6 Å². The lowest BCUT2D eigenvalue weighted by atomic mass is 9.88. The van der Waals surface area contributed by atoms with Gasteiger partial charge >= 0.3 is 0 Å². The molecule has 3 unspecified atom stereocenters. The molecule has 0 aromatic heterocycles. The Morgan fingerprint density at radius 1 is 1.42 bits per heavy atom. The van der Waals surface area contributed by atoms with Crippen LogP contribution in [0.4, 0.5) is 0 Å². The van der Waals surface area contributed by atoms with E-state index >= 15 is 0 Å². The molecule has 1 heteroatoms. The highest BCUT2D eigenvalue weighted by Gasteiger charge is 2.38. The van der Waals surface area contributed by atoms with E-state index in [1.807, 2.05) is 0 Å². The van der Waals surface area contributed by atoms with Crippen LogP contribution in [0.15, 0.2) is 12.2 Å². The number of carbonyl (C=O) groups is 1. The van der Waals surface area contributed by atoms with Crippen LogP contribution >= 0.6 is 0 Å². The third-order valence-corrected chi connectivity index (χ3v) is 3.19. The normalized spacial score (nSPS) is 37.6. The quantitative estimate of drug-likeness (QED) is 0.586. The van der Waals surface area contributed by atoms with Gasteiger partial charge < -0.3 is 0 Å². The molecule has 1 fully saturated rings. The predicted octanol–water partition coefficient (Wildman–Crippen LogP) is 2.57. The lowest BCUT2D eigenvalue weighted by Gasteiger charge is -2.15. The van der Waals surface area contributed by atoms with E-state index < -0.39 is 0 Å². The smallest absolute Gasteiger partial charge is 0.136 e. The highest BCUT2D eigenvalue weighted by molar-refractivity contribution is 5.82. The van der Waals surface area contributed by atoms with Crippen LogP contribution in [-0.2, 0) is 4.79 Å². The molecular formula is C11H16O. The maximum absolute atomic E-state index is 11.6. The fourth-order valence-electron chi connectivity index (χ4n) is 2.58. The first-order valence-corrected chi connectivity index (χ1v) is 5.02. The molecule has 2 aliphatic rings. The van der Waals surface area contributed by atoms with Crippen molar-refractivity contribution >= 4 is 5.78 Å². The van der Waals surface area contributed by atoms with Crippen LogP contribution in [0.5, 0.6) is 0 Å². The fraction of sp³-hybridized carbons (Fsp3) is 0.727. The van der Waals surface area contributed by atoms with Gasteiger partial charge in [-0.05, 0) is 31.1 Å². The summed E-state index contributed by atoms with van der Waals surface area (Å²) in [5.74, 6) is 2.24. The average molecular weight is 164 g/mol. The molecular weight excluding hydrogens is 148 g/mol. The van der Waals surface area contributed by atoms with Crippen LogP contribution in [0.2, 0.25) is 0 Å². The molecule has 0 N–H and O–H groups in total. The molecule has 0 saturated heterocycles. The first kappa shape index (κ1) is 8.03. The number of Topliss-reactive ketones (excluding diaryl/α,β-unsaturated/α-hetero) is 1. The number of hydrogen-bond donors (Lipinski definition) is 0. The van der Waals surface area contributed by atoms with Crippen molar-refractivity contribution in [3.63, 3.8) is 0 Å². The predicted molar refractivity (Wildman–Crippen MR) is 48.8 cm³/mol. The second-order valence-electron chi connectivity index (χ2n) is 4.10. The van der Waals surface area contributed by atoms with Gasteiger partial charge in [0.1, 0.15) is 5.78 Å². The van der Waals surface area contributed by atoms with Crippen molar-refractivity contribution in [1.82, 2.24) is 0 Å². The van der Waals surface area contributed by atoms with E-state index in [4.69, 9.17) is 0 Å². The summed E-state index contributed by atoms with van der Waals surface area (Å²) in [4.78, 5) is 11.6. The van der Waals surface area contributed by atoms with Gasteiger partial charge in [-0.15, -0.1) is 0 Å². The number of hydrogen-bond acceptors (Lipinski definition) is 1. The van der Waals surface area contributed by atoms with Crippen molar-refractivity contribution in [2.45, 2.75) is 32.6 Å². The van der Waals surface area contributed by atoms with Crippen LogP contribution in [0.3, 0.4) is 0 Å². The van der Waals surface area contributed by atoms with E-state index in [1.165, 1.54) is 6.42 Å². The molecule has 0 heterocycles. The molecule has 12 heavy (non-hydrogen) atoms. The lowest BCUT2D eigenvalue weighted by Crippen LogP contribution is -2.18. The molecule has 0 spiro atoms. The Hall–Kier alpha value is -0.590. The summed E-state index contributed by atoms with van der Waals surface area (Å²) in [7, 11) is 0. The summed E-state index contributed by atoms with van der Waals surface area (Å²) in [6.07, 6.45) is 8.74. The van der Waals surface area contributed by atoms with Crippen LogP contribution in [0.25, 0.3) is 0 Å². The summed E-state index contributed by atoms with van der Waals surface area (Å²) < 4.78 is 0. The Balaban J connectivity index is 1.98. The number of allylic oxidation sites excluding steroid dienone is 2. The highest BCUT2D eigenvalue weighted by Crippen LogP contribution is 2.44. The van der Waals surface area contributed by atoms with E-state index in [0.717, 1.165) is 25.2 Å². The van der Waals surface area contributed by atoms with Crippen LogP contribution in [0, 0.1) is 17.8 Å². The Morgan fingerprint density at radius 3 is 2.75 bits per heavy atom. The second-order valence-corrected chi connectivity index (χ2v) is 4.10. The number of fused-ring (bicyclic) bond motifs is 2. The van der Waals surface area contributed by atoms with Gasteiger partial charge in [0, 0.05) is 12.3 Å². The summed E-state index contributed by atoms with van der Waals surface area (Å²) in [5, 5.41) is 0. The maximum Gasteiger partial charge on any atom is 0.136 e. The average Bonchev–Trinajstić information content (AvgIpc) is 2.64. The summed E-state index contributed by atoms with van der Waals surface area (Å²) in [6.45, 7) is 2.08. The number of ketones is 1. The standard InChI is InChI=1S/C11H16O/c1-2-3-11(12)10-7-8-4-5-9(10)6-8/h4-5,8-10H,2-3,6-7H2,1H3. The molecule has 1 nitrogen and oxygen atoms in total. The molecule has 2 aliphatic carbocycles. The van der Waals surface area contributed by atoms with Gasteiger partial charge in [0.05, 0.1) is 0 Å². The highest BCUT2D eigenvalue weighted by atomic mass is 16.1. The van der Waals surface area contributed by atoms with Crippen molar-refractivity contribution in [2.75, 3.05) is 0 Å². The zero-order valence-electron chi connectivity index (χ0n) is 7.62. The molecule has 0 amide bonds. The van der Waals surface area contributed by atoms with E-state index in [0.29, 0.717) is 17.6 Å². The monoisotopic (exact) mass is 164 g/mol. The maximum atomic E-state index is 11.6. The van der Waals surface area contributed by atoms with Gasteiger partial charge in [-0.1, -0.05) is 19.1 Å². The minimum atomic E-state index is 0.389. The van der Waals surface area contributed by atoms with Crippen molar-refractivity contribution in [3.05, 3.63) is 12.2 Å². The summed E-state index contributed by atoms with van der Waals surface area (Å²) >= 11 is 0. The Morgan fingerprint density at radius 2 is 2.25 bits per heavy atom. The van der Waals surface area contributed by atoms with Crippen molar-refractivity contribution < 1.29 is 4.79 Å². The minimum Gasteiger partial charge on any atom is -0.299 e. The first-order valence-electron chi connectivity index (χ1n) is 5.02. The van der Waals surface area contributed by atoms with Gasteiger partial charge in [-0.25, -0.2) is 0 Å². The molecule has 0 radical (unpaired) electrons. The SMILES string of the molecule is CCCC(=O)C1CC2C=CC1C2. The van der Waals surface area contributed by atoms with Crippen LogP contribution < -0.4 is 0 Å². The Bertz CT molecular complexity index is 217. The van der Waals surface area contributed by atoms with Crippen molar-refractivity contribution in [2.24, 2.45) is 17.8 Å². The second kappa shape index (κ2) is 3.04. The van der Waals surface area contributed by atoms with Gasteiger partial charge in [0.2, 0.25) is 0 Å². The summed E-state index contributed by atoms with van der Waals surface area (Å²) in [6, 6.07) is 0. The third-order valence-electron chi connectivity index (χ3n) is 3.19. The van der Waals surface area contributed by atoms with Gasteiger partial charge in [-0.2, -0.15) is 0 Å². The molecule has 66 valence electrons. The van der Waals surface area contributed by atoms with Gasteiger partial charge in [0.25, 0.3) is 0 Å². The Labute approximate surface area is 73.8 Å². The van der Waals surface area contributed by atoms with E-state index in [-0.39, 0.29) is 0 Å². The van der Waals surface area contributed by atoms with E-state index in [9.17, 15) is 4.79 Å². The zero-order valence-corrected chi connectivity index (χ0v) is 7.62. The van der Waals surface area contributed by atoms with Crippen molar-refractivity contribution in [1.29, 1.82) is 0 Å². The molecule has 1 saturated carbocycles. The number of carbonyl (C=O) groups excluding carboxylic acids is 1. The first-order chi connectivity index (χ1) is 5.81. The van der Waals surface area contributed by atoms with Gasteiger partial charge in [0.15, 0.2) is 0 Å². The van der Waals surface area contributed by atoms with Crippen LogP contribution in [-0.4, -0.2) is 5.78 Å². The molecule has 3 atom stereocenters. The largest absolute Gasteiger partial charge is 0.299 e. The third kappa shape index (κ3) is 1.21. The lowest BCUT2D eigenvalue weighted by molar-refractivity contribution is -0.123. The van der Waals surface area contributed by atoms with E-state index in [2.05, 4.69) is 19.1 Å². The van der Waals surface area contributed by atoms with E-state index in [1.54, 1.807) is 0 Å². The van der Waals surface area contributed by atoms with Crippen molar-refractivity contribution in [3.8, 4) is 0 Å². The van der Waals surface area contributed by atoms with Gasteiger partial charge in [-0.3, -0.25) is 4.79 Å². The molecule has 0 aliphatic heterocycles. The zero-order chi connectivity index (χ0) is 8.55. The topological polar surface area (TPSA) is 17.1 Å². The number of rotatable bonds is 3. The minimum absolute atomic E-state index is 0.389. The summed E-state index contributed by atoms with van der Waals surface area (Å²) in [5.41, 5.74) is 0. The molecule has 0 aromatic rings. The molecule has 2 rings (SSSR count). The molecule has 0 aromatic carbocycles. The fourth-order valence-corrected chi connectivity index (χ4v) is 2.58. The molecule has 2 bridgehead atoms. The Kier molecular flexibility index (Phi) is 2.03.